The Morgan fingerprint density at radius 1 is 1.21 bits per heavy atom. The summed E-state index contributed by atoms with van der Waals surface area (Å²) in [6, 6.07) is 5.54. The molecule has 1 saturated heterocycles. The van der Waals surface area contributed by atoms with Gasteiger partial charge in [0.2, 0.25) is 5.91 Å². The molecule has 0 radical (unpaired) electrons. The van der Waals surface area contributed by atoms with Crippen molar-refractivity contribution in [3.8, 4) is 22.8 Å². The molecule has 2 unspecified atom stereocenters. The van der Waals surface area contributed by atoms with Crippen molar-refractivity contribution in [2.75, 3.05) is 19.8 Å². The number of imidazole rings is 1. The number of allylic oxidation sites excluding steroid dienone is 1. The lowest BCUT2D eigenvalue weighted by molar-refractivity contribution is -0.130. The highest BCUT2D eigenvalue weighted by molar-refractivity contribution is 5.81. The number of benzene rings is 1. The van der Waals surface area contributed by atoms with Crippen LogP contribution in [0, 0.1) is 0 Å². The van der Waals surface area contributed by atoms with Crippen LogP contribution in [0.1, 0.15) is 49.4 Å². The summed E-state index contributed by atoms with van der Waals surface area (Å²) in [6.07, 6.45) is 8.99. The van der Waals surface area contributed by atoms with Gasteiger partial charge in [0.25, 0.3) is 0 Å². The molecule has 2 atom stereocenters. The number of fused-ring (bicyclic) bond motifs is 4. The Kier molecular flexibility index (Phi) is 4.83. The molecule has 0 bridgehead atoms. The molecule has 1 fully saturated rings. The number of aromatic nitrogens is 3. The van der Waals surface area contributed by atoms with Crippen LogP contribution in [-0.4, -0.2) is 56.1 Å². The topological polar surface area (TPSA) is 89.2 Å². The zero-order valence-electron chi connectivity index (χ0n) is 18.5. The zero-order chi connectivity index (χ0) is 22.5. The molecule has 1 amide bonds. The number of hydrogen-bond donors (Lipinski definition) is 1. The SMILES string of the molecule is CC(=O)N1CC(O)CC1c1nc(-c2ccc3c(c2)OCCO3)c2cnc3c(n12)C=CCCC3. The molecule has 2 aliphatic heterocycles. The van der Waals surface area contributed by atoms with E-state index in [2.05, 4.69) is 16.6 Å². The van der Waals surface area contributed by atoms with Crippen molar-refractivity contribution in [2.45, 2.75) is 44.8 Å². The summed E-state index contributed by atoms with van der Waals surface area (Å²) in [6.45, 7) is 2.91. The molecule has 8 heteroatoms. The Hall–Kier alpha value is -3.39. The van der Waals surface area contributed by atoms with Crippen LogP contribution < -0.4 is 9.47 Å². The summed E-state index contributed by atoms with van der Waals surface area (Å²) in [5.41, 5.74) is 4.57. The van der Waals surface area contributed by atoms with Crippen molar-refractivity contribution in [2.24, 2.45) is 0 Å². The highest BCUT2D eigenvalue weighted by Gasteiger charge is 2.37. The molecule has 1 N–H and O–H groups in total. The Morgan fingerprint density at radius 2 is 2.06 bits per heavy atom. The van der Waals surface area contributed by atoms with Gasteiger partial charge in [0.05, 0.1) is 40.9 Å². The summed E-state index contributed by atoms with van der Waals surface area (Å²) in [5, 5.41) is 10.4. The van der Waals surface area contributed by atoms with E-state index in [0.29, 0.717) is 31.9 Å². The third-order valence-electron chi connectivity index (χ3n) is 6.68. The number of likely N-dealkylation sites (tertiary alicyclic amines) is 1. The summed E-state index contributed by atoms with van der Waals surface area (Å²) in [4.78, 5) is 24.0. The molecule has 33 heavy (non-hydrogen) atoms. The van der Waals surface area contributed by atoms with Crippen LogP contribution in [0.4, 0.5) is 0 Å². The number of hydrogen-bond acceptors (Lipinski definition) is 6. The lowest BCUT2D eigenvalue weighted by Gasteiger charge is -2.22. The van der Waals surface area contributed by atoms with E-state index in [0.717, 1.165) is 59.0 Å². The predicted octanol–water partition coefficient (Wildman–Crippen LogP) is 3.17. The van der Waals surface area contributed by atoms with Crippen LogP contribution in [0.15, 0.2) is 30.5 Å². The molecule has 1 aliphatic carbocycles. The number of aliphatic hydroxyl groups is 1. The first-order valence-electron chi connectivity index (χ1n) is 11.5. The smallest absolute Gasteiger partial charge is 0.220 e. The van der Waals surface area contributed by atoms with E-state index >= 15 is 0 Å². The number of ether oxygens (including phenoxy) is 2. The van der Waals surface area contributed by atoms with Crippen molar-refractivity contribution in [3.63, 3.8) is 0 Å². The molecule has 3 aromatic rings. The van der Waals surface area contributed by atoms with Gasteiger partial charge in [-0.3, -0.25) is 14.2 Å². The summed E-state index contributed by atoms with van der Waals surface area (Å²) in [7, 11) is 0. The fourth-order valence-electron chi connectivity index (χ4n) is 5.14. The van der Waals surface area contributed by atoms with Gasteiger partial charge in [0.15, 0.2) is 11.5 Å². The molecule has 0 saturated carbocycles. The van der Waals surface area contributed by atoms with E-state index in [1.807, 2.05) is 24.4 Å². The van der Waals surface area contributed by atoms with E-state index < -0.39 is 6.10 Å². The summed E-state index contributed by atoms with van der Waals surface area (Å²) >= 11 is 0. The van der Waals surface area contributed by atoms with E-state index in [1.165, 1.54) is 0 Å². The van der Waals surface area contributed by atoms with Gasteiger partial charge in [-0.05, 0) is 43.5 Å². The van der Waals surface area contributed by atoms with Gasteiger partial charge in [-0.25, -0.2) is 4.98 Å². The van der Waals surface area contributed by atoms with Crippen LogP contribution in [0.3, 0.4) is 0 Å². The second-order valence-electron chi connectivity index (χ2n) is 8.86. The molecule has 3 aliphatic rings. The maximum atomic E-state index is 12.4. The number of aryl methyl sites for hydroxylation is 1. The van der Waals surface area contributed by atoms with Crippen LogP contribution >= 0.6 is 0 Å². The molecule has 0 spiro atoms. The standard InChI is InChI=1S/C25H26N4O4/c1-15(30)28-14-17(31)12-20(28)25-27-24(16-7-8-22-23(11-16)33-10-9-32-22)21-13-26-18-5-3-2-4-6-19(18)29(21)25/h4,6-8,11,13,17,20,31H,2-3,5,9-10,12,14H2,1H3. The fourth-order valence-corrected chi connectivity index (χ4v) is 5.14. The first kappa shape index (κ1) is 20.2. The molecular weight excluding hydrogens is 420 g/mol. The zero-order valence-corrected chi connectivity index (χ0v) is 18.5. The maximum Gasteiger partial charge on any atom is 0.220 e. The second kappa shape index (κ2) is 7.88. The lowest BCUT2D eigenvalue weighted by Crippen LogP contribution is -2.30. The summed E-state index contributed by atoms with van der Waals surface area (Å²) in [5.74, 6) is 2.12. The van der Waals surface area contributed by atoms with Crippen molar-refractivity contribution in [3.05, 3.63) is 47.7 Å². The minimum Gasteiger partial charge on any atom is -0.486 e. The average Bonchev–Trinajstić information content (AvgIpc) is 3.31. The van der Waals surface area contributed by atoms with E-state index in [1.54, 1.807) is 11.8 Å². The number of rotatable bonds is 2. The molecule has 4 heterocycles. The Morgan fingerprint density at radius 3 is 2.91 bits per heavy atom. The van der Waals surface area contributed by atoms with Crippen molar-refractivity contribution in [1.82, 2.24) is 19.3 Å². The molecule has 8 nitrogen and oxygen atoms in total. The summed E-state index contributed by atoms with van der Waals surface area (Å²) < 4.78 is 13.6. The highest BCUT2D eigenvalue weighted by Crippen LogP contribution is 2.39. The first-order chi connectivity index (χ1) is 16.1. The van der Waals surface area contributed by atoms with Crippen molar-refractivity contribution >= 4 is 17.5 Å². The van der Waals surface area contributed by atoms with Crippen molar-refractivity contribution < 1.29 is 19.4 Å². The monoisotopic (exact) mass is 446 g/mol. The van der Waals surface area contributed by atoms with Crippen molar-refractivity contribution in [1.29, 1.82) is 0 Å². The first-order valence-corrected chi connectivity index (χ1v) is 11.5. The van der Waals surface area contributed by atoms with Gasteiger partial charge in [0.1, 0.15) is 19.0 Å². The number of carbonyl (C=O) groups excluding carboxylic acids is 1. The van der Waals surface area contributed by atoms with E-state index in [9.17, 15) is 9.90 Å². The quantitative estimate of drug-likeness (QED) is 0.651. The minimum absolute atomic E-state index is 0.0649. The average molecular weight is 447 g/mol. The number of amides is 1. The molecule has 170 valence electrons. The van der Waals surface area contributed by atoms with Gasteiger partial charge in [-0.15, -0.1) is 0 Å². The van der Waals surface area contributed by atoms with Crippen LogP contribution in [-0.2, 0) is 11.2 Å². The largest absolute Gasteiger partial charge is 0.486 e. The number of β-amino-alcohol motifs (C(OH)–C–C–N with tert-alkyl or cyclic N) is 1. The van der Waals surface area contributed by atoms with Gasteiger partial charge >= 0.3 is 0 Å². The van der Waals surface area contributed by atoms with Gasteiger partial charge in [-0.2, -0.15) is 0 Å². The molecule has 1 aromatic carbocycles. The molecule has 2 aromatic heterocycles. The second-order valence-corrected chi connectivity index (χ2v) is 8.86. The van der Waals surface area contributed by atoms with E-state index in [4.69, 9.17) is 19.4 Å². The van der Waals surface area contributed by atoms with Crippen LogP contribution in [0.2, 0.25) is 0 Å². The normalized spacial score (nSPS) is 21.8. The minimum atomic E-state index is -0.569. The number of carbonyl (C=O) groups is 1. The Balaban J connectivity index is 1.59. The van der Waals surface area contributed by atoms with E-state index in [-0.39, 0.29) is 11.9 Å². The van der Waals surface area contributed by atoms with Crippen LogP contribution in [0.25, 0.3) is 22.9 Å². The predicted molar refractivity (Wildman–Crippen MR) is 122 cm³/mol. The van der Waals surface area contributed by atoms with Gasteiger partial charge in [0, 0.05) is 25.5 Å². The lowest BCUT2D eigenvalue weighted by atomic mass is 10.1. The third kappa shape index (κ3) is 3.36. The third-order valence-corrected chi connectivity index (χ3v) is 6.68. The molecule has 6 rings (SSSR count). The highest BCUT2D eigenvalue weighted by atomic mass is 16.6. The Bertz CT molecular complexity index is 1280. The van der Waals surface area contributed by atoms with Crippen LogP contribution in [0.5, 0.6) is 11.5 Å². The van der Waals surface area contributed by atoms with Gasteiger partial charge in [-0.1, -0.05) is 6.08 Å². The van der Waals surface area contributed by atoms with Gasteiger partial charge < -0.3 is 19.5 Å². The number of nitrogens with zero attached hydrogens (tertiary/aromatic N) is 4. The number of aliphatic hydroxyl groups excluding tert-OH is 1. The Labute approximate surface area is 191 Å². The molecular formula is C25H26N4O4. The maximum absolute atomic E-state index is 12.4. The fraction of sp³-hybridized carbons (Fsp3) is 0.400.